The first-order valence-corrected chi connectivity index (χ1v) is 12.0. The standard InChI is InChI=1S/C19H30N2O3S2/c1-15-6-8-16(9-7-15)20(2)18(22)14-17-10-11-19(25-17)26(23,24)21-12-4-3-5-13-21/h10-11,15-16H,3-9,12-14H2,1-2H3. The van der Waals surface area contributed by atoms with E-state index in [1.807, 2.05) is 11.9 Å². The van der Waals surface area contributed by atoms with Gasteiger partial charge in [-0.2, -0.15) is 4.31 Å². The molecule has 2 fully saturated rings. The lowest BCUT2D eigenvalue weighted by molar-refractivity contribution is -0.131. The van der Waals surface area contributed by atoms with Crippen LogP contribution >= 0.6 is 11.3 Å². The van der Waals surface area contributed by atoms with Crippen molar-refractivity contribution in [3.05, 3.63) is 17.0 Å². The predicted molar refractivity (Wildman–Crippen MR) is 105 cm³/mol. The van der Waals surface area contributed by atoms with Crippen molar-refractivity contribution in [3.8, 4) is 0 Å². The summed E-state index contributed by atoms with van der Waals surface area (Å²) in [5, 5.41) is 0. The lowest BCUT2D eigenvalue weighted by Crippen LogP contribution is -2.39. The molecular weight excluding hydrogens is 368 g/mol. The number of carbonyl (C=O) groups is 1. The van der Waals surface area contributed by atoms with Crippen LogP contribution in [0.4, 0.5) is 0 Å². The molecule has 146 valence electrons. The number of hydrogen-bond donors (Lipinski definition) is 0. The summed E-state index contributed by atoms with van der Waals surface area (Å²) in [4.78, 5) is 15.3. The van der Waals surface area contributed by atoms with Gasteiger partial charge in [0.05, 0.1) is 6.42 Å². The van der Waals surface area contributed by atoms with E-state index in [1.54, 1.807) is 16.4 Å². The molecule has 1 aliphatic carbocycles. The molecule has 1 saturated heterocycles. The number of thiophene rings is 1. The second-order valence-electron chi connectivity index (χ2n) is 7.78. The number of rotatable bonds is 5. The molecule has 0 bridgehead atoms. The van der Waals surface area contributed by atoms with E-state index in [1.165, 1.54) is 24.2 Å². The fourth-order valence-corrected chi connectivity index (χ4v) is 6.95. The highest BCUT2D eigenvalue weighted by Crippen LogP contribution is 2.29. The Balaban J connectivity index is 1.61. The summed E-state index contributed by atoms with van der Waals surface area (Å²) in [6.07, 6.45) is 7.76. The minimum absolute atomic E-state index is 0.0910. The summed E-state index contributed by atoms with van der Waals surface area (Å²) in [5.41, 5.74) is 0. The summed E-state index contributed by atoms with van der Waals surface area (Å²) in [6.45, 7) is 3.49. The Hall–Kier alpha value is -0.920. The van der Waals surface area contributed by atoms with E-state index in [0.717, 1.165) is 42.9 Å². The first kappa shape index (κ1) is 19.8. The van der Waals surface area contributed by atoms with E-state index < -0.39 is 10.0 Å². The largest absolute Gasteiger partial charge is 0.342 e. The molecule has 0 aromatic carbocycles. The Morgan fingerprint density at radius 2 is 1.81 bits per heavy atom. The topological polar surface area (TPSA) is 57.7 Å². The number of amides is 1. The van der Waals surface area contributed by atoms with Gasteiger partial charge in [-0.3, -0.25) is 4.79 Å². The zero-order chi connectivity index (χ0) is 18.7. The van der Waals surface area contributed by atoms with Gasteiger partial charge in [0.1, 0.15) is 4.21 Å². The predicted octanol–water partition coefficient (Wildman–Crippen LogP) is 3.50. The van der Waals surface area contributed by atoms with Crippen molar-refractivity contribution in [1.82, 2.24) is 9.21 Å². The highest BCUT2D eigenvalue weighted by atomic mass is 32.2. The molecule has 2 heterocycles. The van der Waals surface area contributed by atoms with E-state index in [-0.39, 0.29) is 5.91 Å². The van der Waals surface area contributed by atoms with Crippen molar-refractivity contribution in [2.45, 2.75) is 68.5 Å². The van der Waals surface area contributed by atoms with E-state index in [4.69, 9.17) is 0 Å². The number of likely N-dealkylation sites (N-methyl/N-ethyl adjacent to an activating group) is 1. The molecular formula is C19H30N2O3S2. The Bertz CT molecular complexity index is 715. The van der Waals surface area contributed by atoms with E-state index in [9.17, 15) is 13.2 Å². The smallest absolute Gasteiger partial charge is 0.252 e. The van der Waals surface area contributed by atoms with Gasteiger partial charge >= 0.3 is 0 Å². The molecule has 1 aliphatic heterocycles. The van der Waals surface area contributed by atoms with Crippen LogP contribution < -0.4 is 0 Å². The van der Waals surface area contributed by atoms with Crippen molar-refractivity contribution >= 4 is 27.3 Å². The summed E-state index contributed by atoms with van der Waals surface area (Å²) >= 11 is 1.25. The summed E-state index contributed by atoms with van der Waals surface area (Å²) in [6, 6.07) is 3.80. The molecule has 5 nitrogen and oxygen atoms in total. The highest BCUT2D eigenvalue weighted by Gasteiger charge is 2.28. The van der Waals surface area contributed by atoms with Crippen molar-refractivity contribution in [1.29, 1.82) is 0 Å². The monoisotopic (exact) mass is 398 g/mol. The van der Waals surface area contributed by atoms with Crippen LogP contribution in [-0.2, 0) is 21.2 Å². The second-order valence-corrected chi connectivity index (χ2v) is 11.1. The maximum Gasteiger partial charge on any atom is 0.252 e. The van der Waals surface area contributed by atoms with Crippen molar-refractivity contribution < 1.29 is 13.2 Å². The quantitative estimate of drug-likeness (QED) is 0.763. The average Bonchev–Trinajstić information content (AvgIpc) is 3.12. The first-order chi connectivity index (χ1) is 12.4. The molecule has 26 heavy (non-hydrogen) atoms. The third-order valence-corrected chi connectivity index (χ3v) is 9.25. The van der Waals surface area contributed by atoms with Crippen molar-refractivity contribution in [3.63, 3.8) is 0 Å². The molecule has 1 saturated carbocycles. The summed E-state index contributed by atoms with van der Waals surface area (Å²) < 4.78 is 27.4. The molecule has 1 aromatic heterocycles. The Labute approximate surface area is 161 Å². The van der Waals surface area contributed by atoms with Crippen LogP contribution in [0.5, 0.6) is 0 Å². The summed E-state index contributed by atoms with van der Waals surface area (Å²) in [7, 11) is -1.51. The van der Waals surface area contributed by atoms with Gasteiger partial charge in [0.25, 0.3) is 10.0 Å². The van der Waals surface area contributed by atoms with Gasteiger partial charge in [0, 0.05) is 31.1 Å². The molecule has 1 aromatic rings. The Morgan fingerprint density at radius 3 is 2.46 bits per heavy atom. The van der Waals surface area contributed by atoms with Crippen LogP contribution in [0, 0.1) is 5.92 Å². The number of hydrogen-bond acceptors (Lipinski definition) is 4. The summed E-state index contributed by atoms with van der Waals surface area (Å²) in [5.74, 6) is 0.850. The molecule has 3 rings (SSSR count). The van der Waals surface area contributed by atoms with Gasteiger partial charge in [-0.25, -0.2) is 8.42 Å². The zero-order valence-corrected chi connectivity index (χ0v) is 17.4. The van der Waals surface area contributed by atoms with Crippen LogP contribution in [0.25, 0.3) is 0 Å². The molecule has 0 unspecified atom stereocenters. The third kappa shape index (κ3) is 4.49. The maximum atomic E-state index is 12.7. The fourth-order valence-electron chi connectivity index (χ4n) is 3.93. The van der Waals surface area contributed by atoms with E-state index in [2.05, 4.69) is 6.92 Å². The molecule has 0 radical (unpaired) electrons. The number of piperidine rings is 1. The van der Waals surface area contributed by atoms with E-state index in [0.29, 0.717) is 29.8 Å². The molecule has 1 amide bonds. The van der Waals surface area contributed by atoms with E-state index >= 15 is 0 Å². The molecule has 0 spiro atoms. The average molecular weight is 399 g/mol. The molecule has 2 aliphatic rings. The molecule has 0 N–H and O–H groups in total. The van der Waals surface area contributed by atoms with Gasteiger partial charge in [-0.05, 0) is 56.6 Å². The number of carbonyl (C=O) groups excluding carboxylic acids is 1. The second kappa shape index (κ2) is 8.40. The lowest BCUT2D eigenvalue weighted by atomic mass is 9.86. The SMILES string of the molecule is CC1CCC(N(C)C(=O)Cc2ccc(S(=O)(=O)N3CCCCC3)s2)CC1. The van der Waals surface area contributed by atoms with Gasteiger partial charge in [0.2, 0.25) is 5.91 Å². The van der Waals surface area contributed by atoms with Gasteiger partial charge < -0.3 is 4.90 Å². The minimum atomic E-state index is -3.40. The normalized spacial score (nSPS) is 25.2. The Kier molecular flexibility index (Phi) is 6.41. The van der Waals surface area contributed by atoms with Crippen LogP contribution in [0.15, 0.2) is 16.3 Å². The van der Waals surface area contributed by atoms with Crippen molar-refractivity contribution in [2.24, 2.45) is 5.92 Å². The van der Waals surface area contributed by atoms with Crippen LogP contribution in [0.2, 0.25) is 0 Å². The number of nitrogens with zero attached hydrogens (tertiary/aromatic N) is 2. The minimum Gasteiger partial charge on any atom is -0.342 e. The molecule has 7 heteroatoms. The van der Waals surface area contributed by atoms with Crippen LogP contribution in [0.3, 0.4) is 0 Å². The molecule has 0 atom stereocenters. The van der Waals surface area contributed by atoms with Crippen molar-refractivity contribution in [2.75, 3.05) is 20.1 Å². The zero-order valence-electron chi connectivity index (χ0n) is 15.8. The Morgan fingerprint density at radius 1 is 1.15 bits per heavy atom. The lowest BCUT2D eigenvalue weighted by Gasteiger charge is -2.33. The van der Waals surface area contributed by atoms with Gasteiger partial charge in [-0.15, -0.1) is 11.3 Å². The fraction of sp³-hybridized carbons (Fsp3) is 0.737. The maximum absolute atomic E-state index is 12.7. The van der Waals surface area contributed by atoms with Crippen LogP contribution in [0.1, 0.15) is 56.7 Å². The van der Waals surface area contributed by atoms with Gasteiger partial charge in [0.15, 0.2) is 0 Å². The third-order valence-electron chi connectivity index (χ3n) is 5.80. The van der Waals surface area contributed by atoms with Gasteiger partial charge in [-0.1, -0.05) is 13.3 Å². The highest BCUT2D eigenvalue weighted by molar-refractivity contribution is 7.91. The first-order valence-electron chi connectivity index (χ1n) is 9.72. The van der Waals surface area contributed by atoms with Crippen LogP contribution in [-0.4, -0.2) is 49.7 Å². The number of sulfonamides is 1.